The number of nitrogens with zero attached hydrogens (tertiary/aromatic N) is 1. The summed E-state index contributed by atoms with van der Waals surface area (Å²) in [6.45, 7) is 5.88. The van der Waals surface area contributed by atoms with E-state index in [0.717, 1.165) is 5.56 Å². The summed E-state index contributed by atoms with van der Waals surface area (Å²) in [6.07, 6.45) is -0.389. The van der Waals surface area contributed by atoms with Crippen LogP contribution in [-0.2, 0) is 6.54 Å². The average Bonchev–Trinajstić information content (AvgIpc) is 3.01. The van der Waals surface area contributed by atoms with Crippen LogP contribution in [0.4, 0.5) is 0 Å². The third-order valence-electron chi connectivity index (χ3n) is 5.15. The maximum atomic E-state index is 13.1. The van der Waals surface area contributed by atoms with Gasteiger partial charge in [-0.25, -0.2) is 0 Å². The number of aromatic nitrogens is 1. The van der Waals surface area contributed by atoms with Gasteiger partial charge < -0.3 is 15.4 Å². The lowest BCUT2D eigenvalue weighted by atomic mass is 9.95. The molecule has 5 nitrogen and oxygen atoms in total. The van der Waals surface area contributed by atoms with Gasteiger partial charge in [-0.1, -0.05) is 56.6 Å². The normalized spacial score (nSPS) is 12.5. The van der Waals surface area contributed by atoms with Crippen molar-refractivity contribution in [2.45, 2.75) is 39.8 Å². The second-order valence-electron chi connectivity index (χ2n) is 7.48. The Balaban J connectivity index is 2.38. The van der Waals surface area contributed by atoms with Gasteiger partial charge in [0.15, 0.2) is 5.78 Å². The number of aliphatic hydroxyl groups excluding tert-OH is 1. The number of primary amides is 1. The first-order chi connectivity index (χ1) is 13.8. The van der Waals surface area contributed by atoms with Crippen molar-refractivity contribution in [2.75, 3.05) is 0 Å². The quantitative estimate of drug-likeness (QED) is 0.550. The first-order valence-electron chi connectivity index (χ1n) is 9.67. The topological polar surface area (TPSA) is 85.3 Å². The molecule has 1 heterocycles. The van der Waals surface area contributed by atoms with E-state index >= 15 is 0 Å². The molecule has 6 heteroatoms. The number of nitrogens with two attached hydrogens (primary N) is 1. The molecule has 0 spiro atoms. The van der Waals surface area contributed by atoms with Crippen molar-refractivity contribution in [2.24, 2.45) is 11.7 Å². The van der Waals surface area contributed by atoms with Crippen LogP contribution < -0.4 is 5.73 Å². The Bertz CT molecular complexity index is 1090. The molecule has 0 fully saturated rings. The third-order valence-corrected chi connectivity index (χ3v) is 5.52. The van der Waals surface area contributed by atoms with E-state index in [4.69, 9.17) is 17.3 Å². The zero-order chi connectivity index (χ0) is 21.3. The Kier molecular flexibility index (Phi) is 6.10. The molecule has 152 valence electrons. The number of aliphatic hydroxyl groups is 1. The Morgan fingerprint density at radius 1 is 1.17 bits per heavy atom. The maximum absolute atomic E-state index is 13.1. The van der Waals surface area contributed by atoms with Crippen molar-refractivity contribution < 1.29 is 14.7 Å². The molecule has 3 aromatic rings. The molecule has 0 aliphatic rings. The number of carbonyl (C=O) groups excluding carboxylic acids is 2. The predicted octanol–water partition coefficient (Wildman–Crippen LogP) is 4.72. The van der Waals surface area contributed by atoms with E-state index in [9.17, 15) is 14.7 Å². The second kappa shape index (κ2) is 8.39. The molecule has 0 aliphatic carbocycles. The van der Waals surface area contributed by atoms with Crippen molar-refractivity contribution in [1.82, 2.24) is 4.57 Å². The van der Waals surface area contributed by atoms with Crippen LogP contribution in [0.3, 0.4) is 0 Å². The van der Waals surface area contributed by atoms with Gasteiger partial charge >= 0.3 is 0 Å². The first kappa shape index (κ1) is 21.1. The molecular formula is C23H25ClN2O3. The summed E-state index contributed by atoms with van der Waals surface area (Å²) in [4.78, 5) is 24.9. The van der Waals surface area contributed by atoms with E-state index in [2.05, 4.69) is 0 Å². The smallest absolute Gasteiger partial charge is 0.248 e. The zero-order valence-electron chi connectivity index (χ0n) is 16.8. The summed E-state index contributed by atoms with van der Waals surface area (Å²) in [7, 11) is 0. The number of ketones is 1. The molecule has 1 unspecified atom stereocenters. The minimum atomic E-state index is -0.834. The molecule has 3 rings (SSSR count). The van der Waals surface area contributed by atoms with E-state index in [-0.39, 0.29) is 11.7 Å². The number of rotatable bonds is 7. The minimum Gasteiger partial charge on any atom is -0.387 e. The highest BCUT2D eigenvalue weighted by Gasteiger charge is 2.28. The zero-order valence-corrected chi connectivity index (χ0v) is 17.5. The van der Waals surface area contributed by atoms with Gasteiger partial charge in [0, 0.05) is 34.0 Å². The van der Waals surface area contributed by atoms with Crippen molar-refractivity contribution >= 4 is 34.2 Å². The monoisotopic (exact) mass is 412 g/mol. The highest BCUT2D eigenvalue weighted by atomic mass is 35.5. The van der Waals surface area contributed by atoms with Crippen LogP contribution in [0.2, 0.25) is 5.02 Å². The lowest BCUT2D eigenvalue weighted by molar-refractivity contribution is 0.0930. The summed E-state index contributed by atoms with van der Waals surface area (Å²) in [5, 5.41) is 12.1. The fourth-order valence-corrected chi connectivity index (χ4v) is 3.77. The lowest BCUT2D eigenvalue weighted by Gasteiger charge is -2.17. The van der Waals surface area contributed by atoms with Crippen LogP contribution in [0.25, 0.3) is 10.9 Å². The van der Waals surface area contributed by atoms with Gasteiger partial charge in [-0.05, 0) is 30.2 Å². The molecule has 0 saturated carbocycles. The van der Waals surface area contributed by atoms with Gasteiger partial charge in [-0.15, -0.1) is 0 Å². The van der Waals surface area contributed by atoms with E-state index in [0.29, 0.717) is 45.7 Å². The molecule has 0 bridgehead atoms. The molecule has 1 aromatic heterocycles. The Labute approximate surface area is 175 Å². The van der Waals surface area contributed by atoms with Gasteiger partial charge in [0.2, 0.25) is 5.91 Å². The molecule has 1 amide bonds. The van der Waals surface area contributed by atoms with E-state index in [1.54, 1.807) is 24.3 Å². The first-order valence-corrected chi connectivity index (χ1v) is 10.1. The fourth-order valence-electron chi connectivity index (χ4n) is 3.58. The van der Waals surface area contributed by atoms with Gasteiger partial charge in [-0.2, -0.15) is 0 Å². The van der Waals surface area contributed by atoms with Crippen molar-refractivity contribution in [3.63, 3.8) is 0 Å². The van der Waals surface area contributed by atoms with Crippen LogP contribution >= 0.6 is 11.6 Å². The Hall–Kier alpha value is -2.63. The Morgan fingerprint density at radius 2 is 1.86 bits per heavy atom. The van der Waals surface area contributed by atoms with E-state index in [1.807, 2.05) is 43.5 Å². The SMILES string of the molecule is CCC(O)c1c(C(=O)C(C)C)c2ccc(C(N)=O)cc2n1Cc1ccccc1Cl. The number of amides is 1. The summed E-state index contributed by atoms with van der Waals surface area (Å²) in [6, 6.07) is 12.5. The molecule has 0 aliphatic heterocycles. The molecule has 3 N–H and O–H groups in total. The average molecular weight is 413 g/mol. The van der Waals surface area contributed by atoms with Gasteiger partial charge in [-0.3, -0.25) is 9.59 Å². The molecule has 2 aromatic carbocycles. The largest absolute Gasteiger partial charge is 0.387 e. The van der Waals surface area contributed by atoms with Crippen LogP contribution in [-0.4, -0.2) is 21.4 Å². The van der Waals surface area contributed by atoms with E-state index in [1.165, 1.54) is 0 Å². The number of carbonyl (C=O) groups is 2. The summed E-state index contributed by atoms with van der Waals surface area (Å²) >= 11 is 6.38. The number of benzene rings is 2. The number of hydrogen-bond acceptors (Lipinski definition) is 3. The fraction of sp³-hybridized carbons (Fsp3) is 0.304. The maximum Gasteiger partial charge on any atom is 0.248 e. The van der Waals surface area contributed by atoms with Gasteiger partial charge in [0.05, 0.1) is 17.3 Å². The number of Topliss-reactive ketones (excluding diaryl/α,β-unsaturated/α-hetero) is 1. The van der Waals surface area contributed by atoms with Crippen molar-refractivity contribution in [3.05, 3.63) is 69.9 Å². The van der Waals surface area contributed by atoms with Gasteiger partial charge in [0.25, 0.3) is 0 Å². The number of hydrogen-bond donors (Lipinski definition) is 2. The summed E-state index contributed by atoms with van der Waals surface area (Å²) in [5.74, 6) is -0.845. The molecule has 0 saturated heterocycles. The minimum absolute atomic E-state index is 0.0535. The third kappa shape index (κ3) is 3.93. The summed E-state index contributed by atoms with van der Waals surface area (Å²) in [5.41, 5.74) is 8.39. The van der Waals surface area contributed by atoms with Crippen LogP contribution in [0.5, 0.6) is 0 Å². The van der Waals surface area contributed by atoms with Crippen LogP contribution in [0, 0.1) is 5.92 Å². The van der Waals surface area contributed by atoms with Crippen LogP contribution in [0.15, 0.2) is 42.5 Å². The van der Waals surface area contributed by atoms with E-state index < -0.39 is 12.0 Å². The standard InChI is InChI=1S/C23H25ClN2O3/c1-4-19(27)21-20(22(28)13(2)3)16-10-9-14(23(25)29)11-18(16)26(21)12-15-7-5-6-8-17(15)24/h5-11,13,19,27H,4,12H2,1-3H3,(H2,25,29). The highest BCUT2D eigenvalue weighted by molar-refractivity contribution is 6.31. The van der Waals surface area contributed by atoms with Gasteiger partial charge in [0.1, 0.15) is 0 Å². The molecular weight excluding hydrogens is 388 g/mol. The number of halogens is 1. The molecule has 29 heavy (non-hydrogen) atoms. The summed E-state index contributed by atoms with van der Waals surface area (Å²) < 4.78 is 1.88. The molecule has 0 radical (unpaired) electrons. The van der Waals surface area contributed by atoms with Crippen molar-refractivity contribution in [1.29, 1.82) is 0 Å². The Morgan fingerprint density at radius 3 is 2.45 bits per heavy atom. The predicted molar refractivity (Wildman–Crippen MR) is 115 cm³/mol. The van der Waals surface area contributed by atoms with Crippen molar-refractivity contribution in [3.8, 4) is 0 Å². The lowest BCUT2D eigenvalue weighted by Crippen LogP contribution is -2.15. The van der Waals surface area contributed by atoms with Crippen LogP contribution in [0.1, 0.15) is 65.3 Å². The highest BCUT2D eigenvalue weighted by Crippen LogP contribution is 2.35. The number of fused-ring (bicyclic) bond motifs is 1. The molecule has 1 atom stereocenters. The second-order valence-corrected chi connectivity index (χ2v) is 7.88.